The topological polar surface area (TPSA) is 50.8 Å². The maximum Gasteiger partial charge on any atom is 0.267 e. The Hall–Kier alpha value is -2.21. The van der Waals surface area contributed by atoms with E-state index in [0.717, 1.165) is 25.1 Å². The minimum atomic E-state index is 0.0494. The van der Waals surface area contributed by atoms with Crippen LogP contribution in [0.2, 0.25) is 0 Å². The molecule has 1 aromatic carbocycles. The summed E-state index contributed by atoms with van der Waals surface area (Å²) in [5.41, 5.74) is 3.69. The van der Waals surface area contributed by atoms with Crippen molar-refractivity contribution in [1.29, 1.82) is 0 Å². The van der Waals surface area contributed by atoms with Crippen LogP contribution in [0.15, 0.2) is 23.6 Å². The average molecular weight is 372 g/mol. The molecule has 2 aliphatic rings. The lowest BCUT2D eigenvalue weighted by atomic mass is 10.0. The number of fused-ring (bicyclic) bond motifs is 1. The summed E-state index contributed by atoms with van der Waals surface area (Å²) in [6.45, 7) is 6.79. The highest BCUT2D eigenvalue weighted by Gasteiger charge is 2.30. The van der Waals surface area contributed by atoms with Gasteiger partial charge in [-0.1, -0.05) is 6.07 Å². The van der Waals surface area contributed by atoms with Crippen molar-refractivity contribution in [3.8, 4) is 11.5 Å². The molecule has 0 unspecified atom stereocenters. The Bertz CT molecular complexity index is 817. The zero-order valence-electron chi connectivity index (χ0n) is 15.2. The number of amides is 1. The van der Waals surface area contributed by atoms with Crippen LogP contribution in [-0.4, -0.2) is 43.2 Å². The van der Waals surface area contributed by atoms with E-state index in [1.165, 1.54) is 22.5 Å². The molecule has 2 aromatic rings. The standard InChI is InChI=1S/C20H24N2O3S/c1-13-5-6-15(10-14(13)2)21-16-4-3-7-22(11-16)20(23)19-18-17(12-26-19)24-8-9-25-18/h5-6,10,12,16,21H,3-4,7-9,11H2,1-2H3/t16-/m0/s1. The lowest BCUT2D eigenvalue weighted by molar-refractivity contribution is 0.0711. The molecule has 6 heteroatoms. The van der Waals surface area contributed by atoms with Crippen LogP contribution < -0.4 is 14.8 Å². The number of likely N-dealkylation sites (tertiary alicyclic amines) is 1. The van der Waals surface area contributed by atoms with E-state index in [0.29, 0.717) is 36.1 Å². The van der Waals surface area contributed by atoms with Crippen LogP contribution in [0.5, 0.6) is 11.5 Å². The number of aryl methyl sites for hydroxylation is 2. The first kappa shape index (κ1) is 17.2. The van der Waals surface area contributed by atoms with E-state index in [-0.39, 0.29) is 11.9 Å². The Morgan fingerprint density at radius 1 is 1.23 bits per heavy atom. The molecule has 0 aliphatic carbocycles. The van der Waals surface area contributed by atoms with Gasteiger partial charge in [0.1, 0.15) is 18.1 Å². The van der Waals surface area contributed by atoms with Gasteiger partial charge < -0.3 is 19.7 Å². The molecular formula is C20H24N2O3S. The van der Waals surface area contributed by atoms with Crippen LogP contribution >= 0.6 is 11.3 Å². The number of carbonyl (C=O) groups excluding carboxylic acids is 1. The first-order valence-corrected chi connectivity index (χ1v) is 10.00. The van der Waals surface area contributed by atoms with Crippen molar-refractivity contribution in [2.75, 3.05) is 31.6 Å². The monoisotopic (exact) mass is 372 g/mol. The van der Waals surface area contributed by atoms with Gasteiger partial charge in [0.2, 0.25) is 0 Å². The fourth-order valence-electron chi connectivity index (χ4n) is 3.50. The summed E-state index contributed by atoms with van der Waals surface area (Å²) in [5.74, 6) is 1.37. The lowest BCUT2D eigenvalue weighted by Crippen LogP contribution is -2.45. The number of rotatable bonds is 3. The Balaban J connectivity index is 1.45. The summed E-state index contributed by atoms with van der Waals surface area (Å²) >= 11 is 1.41. The van der Waals surface area contributed by atoms with E-state index in [4.69, 9.17) is 9.47 Å². The molecule has 1 fully saturated rings. The third kappa shape index (κ3) is 3.38. The average Bonchev–Trinajstić information content (AvgIpc) is 3.08. The number of carbonyl (C=O) groups is 1. The first-order chi connectivity index (χ1) is 12.6. The maximum absolute atomic E-state index is 13.0. The predicted molar refractivity (Wildman–Crippen MR) is 104 cm³/mol. The Morgan fingerprint density at radius 2 is 2.08 bits per heavy atom. The molecule has 0 saturated carbocycles. The summed E-state index contributed by atoms with van der Waals surface area (Å²) < 4.78 is 11.2. The summed E-state index contributed by atoms with van der Waals surface area (Å²) in [5, 5.41) is 5.47. The highest BCUT2D eigenvalue weighted by Crippen LogP contribution is 2.40. The SMILES string of the molecule is Cc1ccc(N[C@H]2CCCN(C(=O)c3scc4c3OCCO4)C2)cc1C. The molecule has 26 heavy (non-hydrogen) atoms. The molecule has 1 amide bonds. The number of hydrogen-bond acceptors (Lipinski definition) is 5. The zero-order valence-corrected chi connectivity index (χ0v) is 16.0. The van der Waals surface area contributed by atoms with Gasteiger partial charge in [0.05, 0.1) is 0 Å². The van der Waals surface area contributed by atoms with Crippen molar-refractivity contribution in [3.05, 3.63) is 39.6 Å². The molecule has 1 aromatic heterocycles. The molecule has 138 valence electrons. The van der Waals surface area contributed by atoms with Crippen molar-refractivity contribution in [2.24, 2.45) is 0 Å². The second-order valence-electron chi connectivity index (χ2n) is 6.99. The second kappa shape index (κ2) is 7.19. The van der Waals surface area contributed by atoms with Crippen LogP contribution in [0, 0.1) is 13.8 Å². The summed E-state index contributed by atoms with van der Waals surface area (Å²) in [6, 6.07) is 6.70. The van der Waals surface area contributed by atoms with Crippen molar-refractivity contribution in [3.63, 3.8) is 0 Å². The number of thiophene rings is 1. The van der Waals surface area contributed by atoms with Crippen LogP contribution in [0.4, 0.5) is 5.69 Å². The van der Waals surface area contributed by atoms with Crippen LogP contribution in [-0.2, 0) is 0 Å². The summed E-state index contributed by atoms with van der Waals surface area (Å²) in [6.07, 6.45) is 2.07. The molecule has 0 spiro atoms. The zero-order chi connectivity index (χ0) is 18.1. The Morgan fingerprint density at radius 3 is 2.92 bits per heavy atom. The van der Waals surface area contributed by atoms with E-state index in [1.54, 1.807) is 0 Å². The molecule has 3 heterocycles. The van der Waals surface area contributed by atoms with Crippen LogP contribution in [0.3, 0.4) is 0 Å². The van der Waals surface area contributed by atoms with Gasteiger partial charge in [0.25, 0.3) is 5.91 Å². The minimum Gasteiger partial charge on any atom is -0.485 e. The largest absolute Gasteiger partial charge is 0.485 e. The number of hydrogen-bond donors (Lipinski definition) is 1. The summed E-state index contributed by atoms with van der Waals surface area (Å²) in [7, 11) is 0. The molecular weight excluding hydrogens is 348 g/mol. The van der Waals surface area contributed by atoms with E-state index in [2.05, 4.69) is 37.4 Å². The molecule has 4 rings (SSSR count). The van der Waals surface area contributed by atoms with Gasteiger partial charge in [-0.3, -0.25) is 4.79 Å². The van der Waals surface area contributed by atoms with Crippen molar-refractivity contribution < 1.29 is 14.3 Å². The Kier molecular flexibility index (Phi) is 4.76. The molecule has 1 N–H and O–H groups in total. The lowest BCUT2D eigenvalue weighted by Gasteiger charge is -2.33. The predicted octanol–water partition coefficient (Wildman–Crippen LogP) is 3.85. The fraction of sp³-hybridized carbons (Fsp3) is 0.450. The number of ether oxygens (including phenoxy) is 2. The van der Waals surface area contributed by atoms with Gasteiger partial charge in [0.15, 0.2) is 11.5 Å². The van der Waals surface area contributed by atoms with Gasteiger partial charge in [-0.15, -0.1) is 11.3 Å². The number of nitrogens with zero attached hydrogens (tertiary/aromatic N) is 1. The minimum absolute atomic E-state index is 0.0494. The van der Waals surface area contributed by atoms with Gasteiger partial charge in [0, 0.05) is 30.2 Å². The molecule has 1 atom stereocenters. The molecule has 0 bridgehead atoms. The van der Waals surface area contributed by atoms with Crippen molar-refractivity contribution in [2.45, 2.75) is 32.7 Å². The molecule has 0 radical (unpaired) electrons. The molecule has 2 aliphatic heterocycles. The third-order valence-corrected chi connectivity index (χ3v) is 6.01. The maximum atomic E-state index is 13.0. The van der Waals surface area contributed by atoms with Crippen molar-refractivity contribution >= 4 is 22.9 Å². The third-order valence-electron chi connectivity index (χ3n) is 5.08. The van der Waals surface area contributed by atoms with Crippen LogP contribution in [0.25, 0.3) is 0 Å². The smallest absolute Gasteiger partial charge is 0.267 e. The van der Waals surface area contributed by atoms with Crippen LogP contribution in [0.1, 0.15) is 33.6 Å². The quantitative estimate of drug-likeness (QED) is 0.889. The fourth-order valence-corrected chi connectivity index (χ4v) is 4.40. The van der Waals surface area contributed by atoms with Gasteiger partial charge in [-0.05, 0) is 49.9 Å². The van der Waals surface area contributed by atoms with E-state index in [1.807, 2.05) is 10.3 Å². The summed E-state index contributed by atoms with van der Waals surface area (Å²) in [4.78, 5) is 15.6. The molecule has 1 saturated heterocycles. The number of nitrogens with one attached hydrogen (secondary N) is 1. The van der Waals surface area contributed by atoms with Gasteiger partial charge >= 0.3 is 0 Å². The van der Waals surface area contributed by atoms with E-state index < -0.39 is 0 Å². The number of piperidine rings is 1. The number of anilines is 1. The van der Waals surface area contributed by atoms with Gasteiger partial charge in [-0.25, -0.2) is 0 Å². The normalized spacial score (nSPS) is 19.3. The Labute approximate surface area is 157 Å². The second-order valence-corrected chi connectivity index (χ2v) is 7.87. The highest BCUT2D eigenvalue weighted by atomic mass is 32.1. The number of benzene rings is 1. The highest BCUT2D eigenvalue weighted by molar-refractivity contribution is 7.12. The van der Waals surface area contributed by atoms with Gasteiger partial charge in [-0.2, -0.15) is 0 Å². The first-order valence-electron chi connectivity index (χ1n) is 9.12. The molecule has 5 nitrogen and oxygen atoms in total. The van der Waals surface area contributed by atoms with E-state index in [9.17, 15) is 4.79 Å². The van der Waals surface area contributed by atoms with Crippen molar-refractivity contribution in [1.82, 2.24) is 4.90 Å². The van der Waals surface area contributed by atoms with E-state index >= 15 is 0 Å².